The molecule has 12 heteroatoms. The summed E-state index contributed by atoms with van der Waals surface area (Å²) < 4.78 is 11.6. The predicted octanol–water partition coefficient (Wildman–Crippen LogP) is 2.77. The van der Waals surface area contributed by atoms with Crippen LogP contribution in [0.15, 0.2) is 18.2 Å². The zero-order valence-corrected chi connectivity index (χ0v) is 25.9. The summed E-state index contributed by atoms with van der Waals surface area (Å²) in [6, 6.07) is 7.84. The largest absolute Gasteiger partial charge is 0.458 e. The van der Waals surface area contributed by atoms with Crippen LogP contribution in [0.1, 0.15) is 69.3 Å². The Morgan fingerprint density at radius 3 is 2.71 bits per heavy atom. The molecule has 228 valence electrons. The van der Waals surface area contributed by atoms with E-state index in [0.29, 0.717) is 31.4 Å². The molecule has 42 heavy (non-hydrogen) atoms. The first-order chi connectivity index (χ1) is 19.9. The van der Waals surface area contributed by atoms with E-state index in [4.69, 9.17) is 9.47 Å². The Labute approximate surface area is 252 Å². The van der Waals surface area contributed by atoms with Crippen LogP contribution in [0.2, 0.25) is 0 Å². The number of piperidine rings is 1. The lowest BCUT2D eigenvalue weighted by Crippen LogP contribution is -2.63. The summed E-state index contributed by atoms with van der Waals surface area (Å²) in [5, 5.41) is 18.5. The van der Waals surface area contributed by atoms with Gasteiger partial charge in [-0.05, 0) is 77.6 Å². The topological polar surface area (TPSA) is 136 Å². The number of esters is 1. The summed E-state index contributed by atoms with van der Waals surface area (Å²) in [6.07, 6.45) is 0.719. The van der Waals surface area contributed by atoms with Crippen molar-refractivity contribution in [3.63, 3.8) is 0 Å². The number of hydrazine groups is 1. The minimum atomic E-state index is -0.707. The van der Waals surface area contributed by atoms with Crippen molar-refractivity contribution in [3.8, 4) is 6.07 Å². The molecule has 4 unspecified atom stereocenters. The van der Waals surface area contributed by atoms with Gasteiger partial charge in [-0.3, -0.25) is 9.59 Å². The number of carbonyl (C=O) groups is 3. The van der Waals surface area contributed by atoms with E-state index in [-0.39, 0.29) is 36.3 Å². The number of carbonyl (C=O) groups excluding carboxylic acids is 3. The Morgan fingerprint density at radius 1 is 1.31 bits per heavy atom. The van der Waals surface area contributed by atoms with E-state index in [0.717, 1.165) is 23.5 Å². The number of thioether (sulfide) groups is 1. The number of anilines is 1. The molecule has 11 nitrogen and oxygen atoms in total. The average molecular weight is 599 g/mol. The lowest BCUT2D eigenvalue weighted by molar-refractivity contribution is -0.180. The second-order valence-corrected chi connectivity index (χ2v) is 14.1. The fourth-order valence-corrected chi connectivity index (χ4v) is 7.55. The standard InChI is InChI=1S/C30H42N6O5S/c1-18-16-20(6-7-21(18)27(38)35-14-15-42-19(35)2)33-25-24-22(9-13-32-26(24)37)36(34-25)30(11-12-31)10-8-23(40-17-30)28(39)41-29(3,4)5/h6-7,16,19,22-25,33-34H,8-11,13-15,17H2,1-5H3,(H,32,37)/t19?,22?,23-,24?,25?,30-/m0/s1. The third-order valence-corrected chi connectivity index (χ3v) is 9.76. The van der Waals surface area contributed by atoms with E-state index in [2.05, 4.69) is 34.1 Å². The van der Waals surface area contributed by atoms with Crippen LogP contribution in [-0.2, 0) is 19.1 Å². The summed E-state index contributed by atoms with van der Waals surface area (Å²) in [5.74, 6) is 0.112. The number of nitrogens with one attached hydrogen (secondary N) is 3. The van der Waals surface area contributed by atoms with Crippen LogP contribution >= 0.6 is 11.8 Å². The van der Waals surface area contributed by atoms with Gasteiger partial charge in [0.05, 0.1) is 35.9 Å². The molecule has 5 rings (SSSR count). The second-order valence-electron chi connectivity index (χ2n) is 12.7. The molecule has 0 bridgehead atoms. The Kier molecular flexibility index (Phi) is 8.77. The fraction of sp³-hybridized carbons (Fsp3) is 0.667. The van der Waals surface area contributed by atoms with Gasteiger partial charge in [-0.25, -0.2) is 15.2 Å². The van der Waals surface area contributed by atoms with Gasteiger partial charge in [0, 0.05) is 36.1 Å². The van der Waals surface area contributed by atoms with E-state index in [9.17, 15) is 19.6 Å². The molecule has 4 heterocycles. The summed E-state index contributed by atoms with van der Waals surface area (Å²) in [4.78, 5) is 41.0. The number of rotatable bonds is 6. The lowest BCUT2D eigenvalue weighted by Gasteiger charge is -2.47. The third kappa shape index (κ3) is 6.11. The third-order valence-electron chi connectivity index (χ3n) is 8.61. The number of nitriles is 1. The highest BCUT2D eigenvalue weighted by molar-refractivity contribution is 8.00. The predicted molar refractivity (Wildman–Crippen MR) is 159 cm³/mol. The highest BCUT2D eigenvalue weighted by Gasteiger charge is 2.56. The molecule has 6 atom stereocenters. The molecule has 0 aliphatic carbocycles. The van der Waals surface area contributed by atoms with Gasteiger partial charge in [0.1, 0.15) is 11.8 Å². The van der Waals surface area contributed by atoms with Gasteiger partial charge in [-0.2, -0.15) is 5.26 Å². The van der Waals surface area contributed by atoms with Gasteiger partial charge < -0.3 is 25.0 Å². The molecule has 1 aromatic carbocycles. The SMILES string of the molecule is Cc1cc(NC2NN([C@]3(CC#N)CC[C@@H](C(=O)OC(C)(C)C)OC3)C3CCNC(=O)C23)ccc1C(=O)N1CCSC1C. The molecule has 0 saturated carbocycles. The highest BCUT2D eigenvalue weighted by atomic mass is 32.2. The van der Waals surface area contributed by atoms with Crippen molar-refractivity contribution in [2.75, 3.05) is 30.8 Å². The van der Waals surface area contributed by atoms with Crippen LogP contribution in [-0.4, -0.2) is 88.0 Å². The molecule has 4 aliphatic heterocycles. The minimum absolute atomic E-state index is 0.0360. The first-order valence-corrected chi connectivity index (χ1v) is 15.8. The zero-order chi connectivity index (χ0) is 30.2. The van der Waals surface area contributed by atoms with Crippen LogP contribution in [0.4, 0.5) is 5.69 Å². The van der Waals surface area contributed by atoms with Crippen molar-refractivity contribution in [3.05, 3.63) is 29.3 Å². The number of ether oxygens (including phenoxy) is 2. The summed E-state index contributed by atoms with van der Waals surface area (Å²) in [6.45, 7) is 10.9. The number of hydrogen-bond acceptors (Lipinski definition) is 10. The molecule has 4 saturated heterocycles. The monoisotopic (exact) mass is 598 g/mol. The van der Waals surface area contributed by atoms with Crippen molar-refractivity contribution in [1.29, 1.82) is 5.26 Å². The van der Waals surface area contributed by atoms with Crippen LogP contribution < -0.4 is 16.1 Å². The van der Waals surface area contributed by atoms with Crippen LogP contribution in [0.25, 0.3) is 0 Å². The van der Waals surface area contributed by atoms with E-state index >= 15 is 0 Å². The summed E-state index contributed by atoms with van der Waals surface area (Å²) >= 11 is 1.78. The number of fused-ring (bicyclic) bond motifs is 1. The molecular formula is C30H42N6O5S. The van der Waals surface area contributed by atoms with Crippen LogP contribution in [0.3, 0.4) is 0 Å². The van der Waals surface area contributed by atoms with Crippen LogP contribution in [0.5, 0.6) is 0 Å². The smallest absolute Gasteiger partial charge is 0.335 e. The Bertz CT molecular complexity index is 1250. The summed E-state index contributed by atoms with van der Waals surface area (Å²) in [5.41, 5.74) is 4.55. The lowest BCUT2D eigenvalue weighted by atomic mass is 9.83. The summed E-state index contributed by atoms with van der Waals surface area (Å²) in [7, 11) is 0. The minimum Gasteiger partial charge on any atom is -0.458 e. The fourth-order valence-electron chi connectivity index (χ4n) is 6.53. The second kappa shape index (κ2) is 12.0. The number of aryl methyl sites for hydroxylation is 1. The quantitative estimate of drug-likeness (QED) is 0.420. The van der Waals surface area contributed by atoms with Crippen LogP contribution in [0, 0.1) is 24.2 Å². The normalized spacial score (nSPS) is 31.7. The molecule has 0 radical (unpaired) electrons. The Hall–Kier alpha value is -2.85. The maximum Gasteiger partial charge on any atom is 0.335 e. The van der Waals surface area contributed by atoms with E-state index in [1.807, 2.05) is 50.8 Å². The van der Waals surface area contributed by atoms with Crippen molar-refractivity contribution >= 4 is 35.2 Å². The Morgan fingerprint density at radius 2 is 2.10 bits per heavy atom. The molecule has 2 amide bonds. The first-order valence-electron chi connectivity index (χ1n) is 14.8. The molecular weight excluding hydrogens is 556 g/mol. The molecule has 4 aliphatic rings. The van der Waals surface area contributed by atoms with Crippen molar-refractivity contribution < 1.29 is 23.9 Å². The molecule has 0 aromatic heterocycles. The van der Waals surface area contributed by atoms with Gasteiger partial charge in [0.15, 0.2) is 6.10 Å². The van der Waals surface area contributed by atoms with Crippen molar-refractivity contribution in [2.45, 2.75) is 95.1 Å². The zero-order valence-electron chi connectivity index (χ0n) is 25.1. The van der Waals surface area contributed by atoms with Gasteiger partial charge in [-0.15, -0.1) is 11.8 Å². The molecule has 4 fully saturated rings. The number of amides is 2. The molecule has 3 N–H and O–H groups in total. The van der Waals surface area contributed by atoms with Gasteiger partial charge >= 0.3 is 5.97 Å². The van der Waals surface area contributed by atoms with Gasteiger partial charge in [0.25, 0.3) is 5.91 Å². The molecule has 0 spiro atoms. The highest BCUT2D eigenvalue weighted by Crippen LogP contribution is 2.40. The van der Waals surface area contributed by atoms with Crippen molar-refractivity contribution in [2.24, 2.45) is 5.92 Å². The average Bonchev–Trinajstić information content (AvgIpc) is 3.52. The van der Waals surface area contributed by atoms with E-state index in [1.165, 1.54) is 0 Å². The maximum absolute atomic E-state index is 13.2. The molecule has 1 aromatic rings. The maximum atomic E-state index is 13.2. The Balaban J connectivity index is 1.34. The number of nitrogens with zero attached hydrogens (tertiary/aromatic N) is 3. The van der Waals surface area contributed by atoms with E-state index < -0.39 is 35.3 Å². The number of benzene rings is 1. The van der Waals surface area contributed by atoms with Gasteiger partial charge in [-0.1, -0.05) is 0 Å². The van der Waals surface area contributed by atoms with E-state index in [1.54, 1.807) is 11.8 Å². The first kappa shape index (κ1) is 30.6. The van der Waals surface area contributed by atoms with Crippen molar-refractivity contribution in [1.82, 2.24) is 20.7 Å². The number of hydrogen-bond donors (Lipinski definition) is 3. The van der Waals surface area contributed by atoms with Gasteiger partial charge in [0.2, 0.25) is 5.91 Å².